The van der Waals surface area contributed by atoms with E-state index < -0.39 is 0 Å². The van der Waals surface area contributed by atoms with Gasteiger partial charge in [-0.25, -0.2) is 0 Å². The Balaban J connectivity index is 1.56. The second-order valence-electron chi connectivity index (χ2n) is 6.40. The summed E-state index contributed by atoms with van der Waals surface area (Å²) in [7, 11) is 0. The maximum atomic E-state index is 6.60. The summed E-state index contributed by atoms with van der Waals surface area (Å²) in [6.07, 6.45) is 1.96. The van der Waals surface area contributed by atoms with Crippen molar-refractivity contribution in [2.45, 2.75) is 24.3 Å². The summed E-state index contributed by atoms with van der Waals surface area (Å²) in [5.74, 6) is 0.441. The van der Waals surface area contributed by atoms with Gasteiger partial charge in [0.15, 0.2) is 0 Å². The predicted octanol–water partition coefficient (Wildman–Crippen LogP) is 4.92. The smallest absolute Gasteiger partial charge is 0.0406 e. The summed E-state index contributed by atoms with van der Waals surface area (Å²) >= 11 is 5.96. The number of hydrogen-bond donors (Lipinski definition) is 1. The van der Waals surface area contributed by atoms with Gasteiger partial charge in [-0.1, -0.05) is 66.2 Å². The highest BCUT2D eigenvalue weighted by Crippen LogP contribution is 2.51. The number of halogens is 1. The summed E-state index contributed by atoms with van der Waals surface area (Å²) < 4.78 is 0. The highest BCUT2D eigenvalue weighted by Gasteiger charge is 2.51. The molecule has 0 spiro atoms. The minimum Gasteiger partial charge on any atom is -0.324 e. The van der Waals surface area contributed by atoms with Crippen LogP contribution < -0.4 is 5.73 Å². The van der Waals surface area contributed by atoms with Crippen LogP contribution in [0.4, 0.5) is 0 Å². The molecule has 0 radical (unpaired) electrons. The van der Waals surface area contributed by atoms with Crippen LogP contribution in [0.5, 0.6) is 0 Å². The van der Waals surface area contributed by atoms with Crippen LogP contribution >= 0.6 is 11.6 Å². The molecule has 22 heavy (non-hydrogen) atoms. The Morgan fingerprint density at radius 2 is 1.68 bits per heavy atom. The van der Waals surface area contributed by atoms with Crippen LogP contribution in [0.2, 0.25) is 5.02 Å². The van der Waals surface area contributed by atoms with Crippen molar-refractivity contribution in [3.05, 3.63) is 82.9 Å². The predicted molar refractivity (Wildman–Crippen MR) is 93.4 cm³/mol. The minimum absolute atomic E-state index is 0.115. The second kappa shape index (κ2) is 5.12. The van der Waals surface area contributed by atoms with E-state index in [0.717, 1.165) is 17.9 Å². The third-order valence-electron chi connectivity index (χ3n) is 4.74. The van der Waals surface area contributed by atoms with Crippen LogP contribution in [0, 0.1) is 0 Å². The van der Waals surface area contributed by atoms with Gasteiger partial charge in [-0.15, -0.1) is 0 Å². The highest BCUT2D eigenvalue weighted by molar-refractivity contribution is 6.30. The molecule has 1 aliphatic carbocycles. The van der Waals surface area contributed by atoms with Gasteiger partial charge in [-0.05, 0) is 46.9 Å². The van der Waals surface area contributed by atoms with Crippen LogP contribution in [-0.4, -0.2) is 5.54 Å². The van der Waals surface area contributed by atoms with Crippen molar-refractivity contribution in [3.8, 4) is 0 Å². The number of fused-ring (bicyclic) bond motifs is 1. The monoisotopic (exact) mass is 307 g/mol. The van der Waals surface area contributed by atoms with Gasteiger partial charge in [0.25, 0.3) is 0 Å². The van der Waals surface area contributed by atoms with E-state index in [1.807, 2.05) is 12.1 Å². The third kappa shape index (κ3) is 2.51. The molecule has 0 aromatic heterocycles. The van der Waals surface area contributed by atoms with Crippen LogP contribution in [0.15, 0.2) is 66.7 Å². The molecule has 0 saturated heterocycles. The van der Waals surface area contributed by atoms with Crippen LogP contribution in [-0.2, 0) is 6.42 Å². The first-order valence-electron chi connectivity index (χ1n) is 7.66. The van der Waals surface area contributed by atoms with Gasteiger partial charge in [-0.2, -0.15) is 0 Å². The summed E-state index contributed by atoms with van der Waals surface area (Å²) in [6, 6.07) is 23.2. The van der Waals surface area contributed by atoms with E-state index in [0.29, 0.717) is 5.92 Å². The maximum absolute atomic E-state index is 6.60. The van der Waals surface area contributed by atoms with Gasteiger partial charge in [0.1, 0.15) is 0 Å². The molecule has 0 bridgehead atoms. The fourth-order valence-electron chi connectivity index (χ4n) is 3.39. The zero-order valence-corrected chi connectivity index (χ0v) is 13.1. The van der Waals surface area contributed by atoms with E-state index in [1.165, 1.54) is 21.9 Å². The molecule has 4 rings (SSSR count). The molecule has 3 aromatic carbocycles. The van der Waals surface area contributed by atoms with Gasteiger partial charge in [-0.3, -0.25) is 0 Å². The van der Waals surface area contributed by atoms with E-state index in [-0.39, 0.29) is 5.54 Å². The van der Waals surface area contributed by atoms with E-state index in [2.05, 4.69) is 54.6 Å². The number of hydrogen-bond acceptors (Lipinski definition) is 1. The number of rotatable bonds is 3. The fraction of sp³-hybridized carbons (Fsp3) is 0.200. The molecular formula is C20H18ClN. The van der Waals surface area contributed by atoms with Crippen LogP contribution in [0.25, 0.3) is 10.8 Å². The summed E-state index contributed by atoms with van der Waals surface area (Å²) in [5.41, 5.74) is 9.11. The zero-order valence-electron chi connectivity index (χ0n) is 12.3. The fourth-order valence-corrected chi connectivity index (χ4v) is 3.52. The Bertz CT molecular complexity index is 824. The lowest BCUT2D eigenvalue weighted by Gasteiger charge is -2.13. The van der Waals surface area contributed by atoms with Crippen molar-refractivity contribution in [3.63, 3.8) is 0 Å². The number of nitrogens with two attached hydrogens (primary N) is 1. The molecule has 1 nitrogen and oxygen atoms in total. The molecule has 0 unspecified atom stereocenters. The SMILES string of the molecule is N[C@]1(Cc2ccc3ccccc3c2)C[C@H]1c1ccc(Cl)cc1. The van der Waals surface area contributed by atoms with Crippen molar-refractivity contribution in [1.29, 1.82) is 0 Å². The summed E-state index contributed by atoms with van der Waals surface area (Å²) in [4.78, 5) is 0. The molecule has 0 amide bonds. The normalized spacial score (nSPS) is 23.6. The van der Waals surface area contributed by atoms with Crippen molar-refractivity contribution in [2.24, 2.45) is 5.73 Å². The van der Waals surface area contributed by atoms with E-state index in [1.54, 1.807) is 0 Å². The molecular weight excluding hydrogens is 290 g/mol. The lowest BCUT2D eigenvalue weighted by Crippen LogP contribution is -2.27. The molecule has 1 fully saturated rings. The molecule has 1 saturated carbocycles. The molecule has 0 heterocycles. The summed E-state index contributed by atoms with van der Waals surface area (Å²) in [5, 5.41) is 3.34. The quantitative estimate of drug-likeness (QED) is 0.730. The molecule has 1 aliphatic rings. The molecule has 2 N–H and O–H groups in total. The summed E-state index contributed by atoms with van der Waals surface area (Å²) in [6.45, 7) is 0. The zero-order chi connectivity index (χ0) is 15.2. The van der Waals surface area contributed by atoms with Gasteiger partial charge in [0.2, 0.25) is 0 Å². The Morgan fingerprint density at radius 1 is 0.955 bits per heavy atom. The molecule has 3 aromatic rings. The van der Waals surface area contributed by atoms with E-state index in [9.17, 15) is 0 Å². The Kier molecular flexibility index (Phi) is 3.21. The minimum atomic E-state index is -0.115. The van der Waals surface area contributed by atoms with Crippen molar-refractivity contribution in [1.82, 2.24) is 0 Å². The first kappa shape index (κ1) is 13.8. The lowest BCUT2D eigenvalue weighted by atomic mass is 9.97. The third-order valence-corrected chi connectivity index (χ3v) is 4.99. The average molecular weight is 308 g/mol. The van der Waals surface area contributed by atoms with E-state index >= 15 is 0 Å². The second-order valence-corrected chi connectivity index (χ2v) is 6.84. The first-order valence-corrected chi connectivity index (χ1v) is 8.04. The van der Waals surface area contributed by atoms with E-state index in [4.69, 9.17) is 17.3 Å². The molecule has 2 heteroatoms. The van der Waals surface area contributed by atoms with Crippen molar-refractivity contribution in [2.75, 3.05) is 0 Å². The maximum Gasteiger partial charge on any atom is 0.0406 e. The van der Waals surface area contributed by atoms with Crippen molar-refractivity contribution < 1.29 is 0 Å². The Morgan fingerprint density at radius 3 is 2.45 bits per heavy atom. The topological polar surface area (TPSA) is 26.0 Å². The van der Waals surface area contributed by atoms with Gasteiger partial charge in [0, 0.05) is 16.5 Å². The number of benzene rings is 3. The Labute approximate surface area is 135 Å². The average Bonchev–Trinajstić information content (AvgIpc) is 3.19. The molecule has 2 atom stereocenters. The first-order chi connectivity index (χ1) is 10.6. The van der Waals surface area contributed by atoms with Gasteiger partial charge in [0.05, 0.1) is 0 Å². The highest BCUT2D eigenvalue weighted by atomic mass is 35.5. The van der Waals surface area contributed by atoms with Crippen molar-refractivity contribution >= 4 is 22.4 Å². The van der Waals surface area contributed by atoms with Crippen LogP contribution in [0.3, 0.4) is 0 Å². The molecule has 110 valence electrons. The van der Waals surface area contributed by atoms with Gasteiger partial charge < -0.3 is 5.73 Å². The lowest BCUT2D eigenvalue weighted by molar-refractivity contribution is 0.646. The standard InChI is InChI=1S/C20H18ClN/c21-18-9-7-16(8-10-18)19-13-20(19,22)12-14-5-6-15-3-1-2-4-17(15)11-14/h1-11,19H,12-13,22H2/t19-,20+/m0/s1. The largest absolute Gasteiger partial charge is 0.324 e. The van der Waals surface area contributed by atoms with Gasteiger partial charge >= 0.3 is 0 Å². The van der Waals surface area contributed by atoms with Crippen LogP contribution in [0.1, 0.15) is 23.5 Å². The molecule has 0 aliphatic heterocycles. The Hall–Kier alpha value is -1.83.